The Morgan fingerprint density at radius 1 is 1.42 bits per heavy atom. The highest BCUT2D eigenvalue weighted by atomic mass is 32.1. The number of nitrogen functional groups attached to an aromatic ring is 1. The molecule has 1 aliphatic carbocycles. The van der Waals surface area contributed by atoms with Crippen LogP contribution in [0.2, 0.25) is 0 Å². The minimum Gasteiger partial charge on any atom is -0.369 e. The second-order valence-electron chi connectivity index (χ2n) is 5.55. The Kier molecular flexibility index (Phi) is 3.06. The van der Waals surface area contributed by atoms with E-state index in [1.165, 1.54) is 12.8 Å². The van der Waals surface area contributed by atoms with Crippen LogP contribution in [0.25, 0.3) is 10.2 Å². The van der Waals surface area contributed by atoms with E-state index in [1.54, 1.807) is 11.3 Å². The number of thiophene rings is 1. The topological polar surface area (TPSA) is 75.9 Å². The molecule has 0 atom stereocenters. The molecule has 0 saturated heterocycles. The molecule has 0 radical (unpaired) electrons. The SMILES string of the molecule is CC(C)C1(CNc2nc(NN)nc3sccc23)CC1. The van der Waals surface area contributed by atoms with E-state index in [4.69, 9.17) is 5.84 Å². The molecule has 1 aliphatic rings. The predicted molar refractivity (Wildman–Crippen MR) is 80.2 cm³/mol. The van der Waals surface area contributed by atoms with Gasteiger partial charge in [-0.25, -0.2) is 10.8 Å². The number of nitrogens with zero attached hydrogens (tertiary/aromatic N) is 2. The second-order valence-corrected chi connectivity index (χ2v) is 6.44. The monoisotopic (exact) mass is 277 g/mol. The van der Waals surface area contributed by atoms with Crippen molar-refractivity contribution in [3.05, 3.63) is 11.4 Å². The van der Waals surface area contributed by atoms with E-state index in [-0.39, 0.29) is 0 Å². The summed E-state index contributed by atoms with van der Waals surface area (Å²) in [6.07, 6.45) is 2.61. The Morgan fingerprint density at radius 2 is 2.21 bits per heavy atom. The van der Waals surface area contributed by atoms with Gasteiger partial charge in [-0.3, -0.25) is 5.43 Å². The van der Waals surface area contributed by atoms with Gasteiger partial charge in [0.05, 0.1) is 5.39 Å². The van der Waals surface area contributed by atoms with Gasteiger partial charge in [-0.05, 0) is 35.6 Å². The maximum atomic E-state index is 5.42. The van der Waals surface area contributed by atoms with Crippen LogP contribution in [-0.2, 0) is 0 Å². The third-order valence-electron chi connectivity index (χ3n) is 4.18. The van der Waals surface area contributed by atoms with Gasteiger partial charge >= 0.3 is 0 Å². The largest absolute Gasteiger partial charge is 0.369 e. The highest BCUT2D eigenvalue weighted by Gasteiger charge is 2.45. The molecule has 6 heteroatoms. The minimum atomic E-state index is 0.448. The third-order valence-corrected chi connectivity index (χ3v) is 4.99. The lowest BCUT2D eigenvalue weighted by Gasteiger charge is -2.20. The number of nitrogens with one attached hydrogen (secondary N) is 2. The number of nitrogens with two attached hydrogens (primary N) is 1. The molecule has 0 spiro atoms. The molecular formula is C13H19N5S. The van der Waals surface area contributed by atoms with Crippen LogP contribution in [0.5, 0.6) is 0 Å². The van der Waals surface area contributed by atoms with Crippen LogP contribution in [0.3, 0.4) is 0 Å². The van der Waals surface area contributed by atoms with Crippen molar-refractivity contribution >= 4 is 33.3 Å². The maximum absolute atomic E-state index is 5.42. The lowest BCUT2D eigenvalue weighted by atomic mass is 9.92. The van der Waals surface area contributed by atoms with Gasteiger partial charge in [-0.2, -0.15) is 4.98 Å². The summed E-state index contributed by atoms with van der Waals surface area (Å²) in [5, 5.41) is 6.59. The molecule has 0 bridgehead atoms. The summed E-state index contributed by atoms with van der Waals surface area (Å²) in [5.74, 6) is 7.47. The zero-order valence-electron chi connectivity index (χ0n) is 11.2. The molecule has 0 aliphatic heterocycles. The van der Waals surface area contributed by atoms with Gasteiger partial charge in [-0.1, -0.05) is 13.8 Å². The van der Waals surface area contributed by atoms with E-state index in [2.05, 4.69) is 40.6 Å². The molecule has 1 saturated carbocycles. The van der Waals surface area contributed by atoms with E-state index in [1.807, 2.05) is 5.38 Å². The number of aromatic nitrogens is 2. The van der Waals surface area contributed by atoms with Gasteiger partial charge in [-0.15, -0.1) is 11.3 Å². The fraction of sp³-hybridized carbons (Fsp3) is 0.538. The van der Waals surface area contributed by atoms with Gasteiger partial charge in [0.1, 0.15) is 10.6 Å². The molecule has 0 aromatic carbocycles. The number of hydrogen-bond donors (Lipinski definition) is 3. The fourth-order valence-corrected chi connectivity index (χ4v) is 3.20. The van der Waals surface area contributed by atoms with Gasteiger partial charge in [0.15, 0.2) is 0 Å². The normalized spacial score (nSPS) is 16.8. The Hall–Kier alpha value is -1.40. The smallest absolute Gasteiger partial charge is 0.240 e. The van der Waals surface area contributed by atoms with Crippen molar-refractivity contribution < 1.29 is 0 Å². The van der Waals surface area contributed by atoms with E-state index in [9.17, 15) is 0 Å². The van der Waals surface area contributed by atoms with Gasteiger partial charge in [0, 0.05) is 6.54 Å². The van der Waals surface area contributed by atoms with Gasteiger partial charge in [0.25, 0.3) is 0 Å². The number of rotatable bonds is 5. The van der Waals surface area contributed by atoms with Crippen molar-refractivity contribution in [3.63, 3.8) is 0 Å². The van der Waals surface area contributed by atoms with Crippen LogP contribution in [0.4, 0.5) is 11.8 Å². The van der Waals surface area contributed by atoms with Gasteiger partial charge < -0.3 is 5.32 Å². The van der Waals surface area contributed by atoms with Crippen LogP contribution in [0.1, 0.15) is 26.7 Å². The second kappa shape index (κ2) is 4.61. The van der Waals surface area contributed by atoms with Crippen molar-refractivity contribution in [2.24, 2.45) is 17.2 Å². The van der Waals surface area contributed by atoms with Crippen LogP contribution in [0, 0.1) is 11.3 Å². The predicted octanol–water partition coefficient (Wildman–Crippen LogP) is 2.83. The first-order valence-electron chi connectivity index (χ1n) is 6.60. The number of hydrogen-bond acceptors (Lipinski definition) is 6. The molecule has 0 amide bonds. The summed E-state index contributed by atoms with van der Waals surface area (Å²) >= 11 is 1.60. The molecule has 5 nitrogen and oxygen atoms in total. The average molecular weight is 277 g/mol. The highest BCUT2D eigenvalue weighted by molar-refractivity contribution is 7.16. The van der Waals surface area contributed by atoms with Crippen LogP contribution in [0.15, 0.2) is 11.4 Å². The first kappa shape index (κ1) is 12.6. The van der Waals surface area contributed by atoms with Crippen LogP contribution >= 0.6 is 11.3 Å². The molecular weight excluding hydrogens is 258 g/mol. The molecule has 19 heavy (non-hydrogen) atoms. The summed E-state index contributed by atoms with van der Waals surface area (Å²) in [7, 11) is 0. The van der Waals surface area contributed by atoms with E-state index < -0.39 is 0 Å². The van der Waals surface area contributed by atoms with Crippen LogP contribution < -0.4 is 16.6 Å². The van der Waals surface area contributed by atoms with Crippen molar-refractivity contribution in [1.29, 1.82) is 0 Å². The first-order chi connectivity index (χ1) is 9.14. The lowest BCUT2D eigenvalue weighted by molar-refractivity contribution is 0.380. The van der Waals surface area contributed by atoms with Crippen molar-refractivity contribution in [2.45, 2.75) is 26.7 Å². The number of hydrazine groups is 1. The summed E-state index contributed by atoms with van der Waals surface area (Å²) in [5.41, 5.74) is 2.98. The van der Waals surface area contributed by atoms with Crippen molar-refractivity contribution in [1.82, 2.24) is 9.97 Å². The molecule has 2 aromatic heterocycles. The lowest BCUT2D eigenvalue weighted by Crippen LogP contribution is -2.22. The molecule has 2 heterocycles. The maximum Gasteiger partial charge on any atom is 0.240 e. The average Bonchev–Trinajstić information content (AvgIpc) is 3.06. The summed E-state index contributed by atoms with van der Waals surface area (Å²) < 4.78 is 0. The Morgan fingerprint density at radius 3 is 2.84 bits per heavy atom. The number of anilines is 2. The van der Waals surface area contributed by atoms with E-state index in [0.717, 1.165) is 22.6 Å². The van der Waals surface area contributed by atoms with Crippen LogP contribution in [-0.4, -0.2) is 16.5 Å². The highest BCUT2D eigenvalue weighted by Crippen LogP contribution is 2.51. The molecule has 2 aromatic rings. The Balaban J connectivity index is 1.85. The molecule has 4 N–H and O–H groups in total. The Bertz CT molecular complexity index is 588. The van der Waals surface area contributed by atoms with E-state index in [0.29, 0.717) is 17.3 Å². The van der Waals surface area contributed by atoms with Crippen molar-refractivity contribution in [3.8, 4) is 0 Å². The molecule has 3 rings (SSSR count). The standard InChI is InChI=1S/C13H19N5S/c1-8(2)13(4-5-13)7-15-10-9-3-6-19-11(9)17-12(16-10)18-14/h3,6,8H,4-5,7,14H2,1-2H3,(H2,15,16,17,18). The molecule has 102 valence electrons. The zero-order valence-corrected chi connectivity index (χ0v) is 12.0. The quantitative estimate of drug-likeness (QED) is 0.579. The zero-order chi connectivity index (χ0) is 13.5. The first-order valence-corrected chi connectivity index (χ1v) is 7.48. The third kappa shape index (κ3) is 2.26. The number of fused-ring (bicyclic) bond motifs is 1. The molecule has 0 unspecified atom stereocenters. The summed E-state index contributed by atoms with van der Waals surface area (Å²) in [4.78, 5) is 9.73. The van der Waals surface area contributed by atoms with Crippen molar-refractivity contribution in [2.75, 3.05) is 17.3 Å². The molecule has 1 fully saturated rings. The van der Waals surface area contributed by atoms with Gasteiger partial charge in [0.2, 0.25) is 5.95 Å². The summed E-state index contributed by atoms with van der Waals surface area (Å²) in [6, 6.07) is 2.05. The Labute approximate surface area is 116 Å². The summed E-state index contributed by atoms with van der Waals surface area (Å²) in [6.45, 7) is 5.56. The minimum absolute atomic E-state index is 0.448. The van der Waals surface area contributed by atoms with E-state index >= 15 is 0 Å². The fourth-order valence-electron chi connectivity index (χ4n) is 2.43.